The molecule has 0 saturated heterocycles. The highest BCUT2D eigenvalue weighted by Crippen LogP contribution is 2.10. The van der Waals surface area contributed by atoms with Crippen molar-refractivity contribution in [3.8, 4) is 0 Å². The average molecular weight is 266 g/mol. The molecule has 0 amide bonds. The maximum Gasteiger partial charge on any atom is 0.318 e. The summed E-state index contributed by atoms with van der Waals surface area (Å²) in [5.41, 5.74) is 0. The van der Waals surface area contributed by atoms with Crippen LogP contribution in [0.2, 0.25) is 0 Å². The van der Waals surface area contributed by atoms with Crippen LogP contribution < -0.4 is 0 Å². The van der Waals surface area contributed by atoms with Crippen LogP contribution >= 0.6 is 0 Å². The van der Waals surface area contributed by atoms with Crippen molar-refractivity contribution in [3.05, 3.63) is 0 Å². The minimum atomic E-state index is -3.67. The van der Waals surface area contributed by atoms with Crippen molar-refractivity contribution in [2.24, 2.45) is 5.92 Å². The van der Waals surface area contributed by atoms with E-state index in [0.29, 0.717) is 13.1 Å². The molecule has 7 heteroatoms. The first-order valence-corrected chi connectivity index (χ1v) is 7.12. The van der Waals surface area contributed by atoms with E-state index < -0.39 is 22.7 Å². The van der Waals surface area contributed by atoms with Crippen LogP contribution in [0.3, 0.4) is 0 Å². The molecule has 0 rings (SSSR count). The summed E-state index contributed by atoms with van der Waals surface area (Å²) in [5.74, 6) is -1.05. The molecule has 1 N–H and O–H groups in total. The zero-order valence-corrected chi connectivity index (χ0v) is 11.7. The van der Waals surface area contributed by atoms with Gasteiger partial charge in [0.1, 0.15) is 6.54 Å². The van der Waals surface area contributed by atoms with Gasteiger partial charge in [0.2, 0.25) is 0 Å². The molecule has 0 atom stereocenters. The monoisotopic (exact) mass is 266 g/mol. The Kier molecular flexibility index (Phi) is 6.66. The first-order chi connectivity index (χ1) is 7.75. The average Bonchev–Trinajstić information content (AvgIpc) is 2.16. The Labute approximate surface area is 103 Å². The summed E-state index contributed by atoms with van der Waals surface area (Å²) in [6.07, 6.45) is 0. The summed E-state index contributed by atoms with van der Waals surface area (Å²) >= 11 is 0. The van der Waals surface area contributed by atoms with E-state index in [2.05, 4.69) is 0 Å². The molecule has 0 fully saturated rings. The molecule has 0 aromatic carbocycles. The van der Waals surface area contributed by atoms with Gasteiger partial charge in [0.15, 0.2) is 0 Å². The van der Waals surface area contributed by atoms with E-state index in [1.54, 1.807) is 13.8 Å². The van der Waals surface area contributed by atoms with Crippen molar-refractivity contribution in [1.82, 2.24) is 8.61 Å². The molecular formula is C10H22N2O4S. The van der Waals surface area contributed by atoms with Gasteiger partial charge in [-0.1, -0.05) is 27.7 Å². The first kappa shape index (κ1) is 16.3. The minimum absolute atomic E-state index is 0.0830. The lowest BCUT2D eigenvalue weighted by Gasteiger charge is -2.28. The Balaban J connectivity index is 5.06. The van der Waals surface area contributed by atoms with Crippen molar-refractivity contribution in [2.45, 2.75) is 27.7 Å². The van der Waals surface area contributed by atoms with Crippen molar-refractivity contribution < 1.29 is 18.3 Å². The molecule has 0 unspecified atom stereocenters. The van der Waals surface area contributed by atoms with Crippen molar-refractivity contribution in [3.63, 3.8) is 0 Å². The highest BCUT2D eigenvalue weighted by Gasteiger charge is 2.29. The third-order valence-electron chi connectivity index (χ3n) is 2.24. The molecule has 0 heterocycles. The van der Waals surface area contributed by atoms with Gasteiger partial charge in [0.25, 0.3) is 10.2 Å². The van der Waals surface area contributed by atoms with Gasteiger partial charge in [-0.3, -0.25) is 4.79 Å². The lowest BCUT2D eigenvalue weighted by Crippen LogP contribution is -2.47. The predicted molar refractivity (Wildman–Crippen MR) is 65.9 cm³/mol. The summed E-state index contributed by atoms with van der Waals surface area (Å²) < 4.78 is 26.6. The van der Waals surface area contributed by atoms with Crippen LogP contribution in [0.15, 0.2) is 0 Å². The molecule has 17 heavy (non-hydrogen) atoms. The fourth-order valence-corrected chi connectivity index (χ4v) is 3.25. The van der Waals surface area contributed by atoms with E-state index in [1.807, 2.05) is 13.8 Å². The number of carboxylic acid groups (broad SMARTS) is 1. The van der Waals surface area contributed by atoms with E-state index >= 15 is 0 Å². The molecule has 0 radical (unpaired) electrons. The Morgan fingerprint density at radius 3 is 1.94 bits per heavy atom. The highest BCUT2D eigenvalue weighted by molar-refractivity contribution is 7.86. The molecule has 0 aliphatic heterocycles. The van der Waals surface area contributed by atoms with Crippen LogP contribution in [-0.2, 0) is 15.0 Å². The number of carbonyl (C=O) groups is 1. The van der Waals surface area contributed by atoms with Gasteiger partial charge in [-0.15, -0.1) is 0 Å². The number of aliphatic carboxylic acids is 1. The molecule has 6 nitrogen and oxygen atoms in total. The van der Waals surface area contributed by atoms with Gasteiger partial charge < -0.3 is 5.11 Å². The fraction of sp³-hybridized carbons (Fsp3) is 0.900. The molecule has 0 aromatic rings. The maximum absolute atomic E-state index is 12.2. The lowest BCUT2D eigenvalue weighted by molar-refractivity contribution is -0.137. The van der Waals surface area contributed by atoms with E-state index in [4.69, 9.17) is 5.11 Å². The summed E-state index contributed by atoms with van der Waals surface area (Å²) in [4.78, 5) is 10.7. The van der Waals surface area contributed by atoms with Crippen molar-refractivity contribution >= 4 is 16.2 Å². The number of hydrogen-bond donors (Lipinski definition) is 1. The van der Waals surface area contributed by atoms with Crippen LogP contribution in [0.25, 0.3) is 0 Å². The summed E-state index contributed by atoms with van der Waals surface area (Å²) in [5, 5.41) is 8.76. The maximum atomic E-state index is 12.2. The van der Waals surface area contributed by atoms with Crippen LogP contribution in [0.5, 0.6) is 0 Å². The lowest BCUT2D eigenvalue weighted by atomic mass is 10.2. The SMILES string of the molecule is CCN(CC)S(=O)(=O)N(CC(=O)O)CC(C)C. The molecule has 0 saturated carbocycles. The summed E-state index contributed by atoms with van der Waals surface area (Å²) in [6.45, 7) is 7.58. The van der Waals surface area contributed by atoms with E-state index in [-0.39, 0.29) is 12.5 Å². The molecule has 0 aliphatic carbocycles. The number of rotatable bonds is 8. The van der Waals surface area contributed by atoms with E-state index in [1.165, 1.54) is 4.31 Å². The zero-order valence-electron chi connectivity index (χ0n) is 10.9. The Bertz CT molecular complexity index is 336. The quantitative estimate of drug-likeness (QED) is 0.698. The van der Waals surface area contributed by atoms with Gasteiger partial charge in [-0.25, -0.2) is 0 Å². The number of nitrogens with zero attached hydrogens (tertiary/aromatic N) is 2. The smallest absolute Gasteiger partial charge is 0.318 e. The summed E-state index contributed by atoms with van der Waals surface area (Å²) in [7, 11) is -3.67. The second kappa shape index (κ2) is 6.93. The molecule has 0 spiro atoms. The third-order valence-corrected chi connectivity index (χ3v) is 4.34. The van der Waals surface area contributed by atoms with Gasteiger partial charge in [-0.2, -0.15) is 17.0 Å². The second-order valence-electron chi connectivity index (χ2n) is 4.17. The van der Waals surface area contributed by atoms with Crippen LogP contribution in [0.1, 0.15) is 27.7 Å². The first-order valence-electron chi connectivity index (χ1n) is 5.72. The topological polar surface area (TPSA) is 77.9 Å². The summed E-state index contributed by atoms with van der Waals surface area (Å²) in [6, 6.07) is 0. The molecule has 0 aromatic heterocycles. The largest absolute Gasteiger partial charge is 0.480 e. The fourth-order valence-electron chi connectivity index (χ4n) is 1.51. The molecule has 0 bridgehead atoms. The van der Waals surface area contributed by atoms with E-state index in [0.717, 1.165) is 4.31 Å². The molecule has 102 valence electrons. The second-order valence-corrected chi connectivity index (χ2v) is 6.10. The number of hydrogen-bond acceptors (Lipinski definition) is 3. The van der Waals surface area contributed by atoms with E-state index in [9.17, 15) is 13.2 Å². The van der Waals surface area contributed by atoms with Crippen LogP contribution in [-0.4, -0.2) is 54.3 Å². The molecule has 0 aliphatic rings. The normalized spacial score (nSPS) is 12.6. The minimum Gasteiger partial charge on any atom is -0.480 e. The van der Waals surface area contributed by atoms with Crippen molar-refractivity contribution in [1.29, 1.82) is 0 Å². The third kappa shape index (κ3) is 5.01. The Morgan fingerprint density at radius 2 is 1.65 bits per heavy atom. The van der Waals surface area contributed by atoms with Gasteiger partial charge >= 0.3 is 5.97 Å². The van der Waals surface area contributed by atoms with Gasteiger partial charge in [-0.05, 0) is 5.92 Å². The van der Waals surface area contributed by atoms with Gasteiger partial charge in [0.05, 0.1) is 0 Å². The standard InChI is InChI=1S/C10H22N2O4S/c1-5-11(6-2)17(15,16)12(7-9(3)4)8-10(13)14/h9H,5-8H2,1-4H3,(H,13,14). The van der Waals surface area contributed by atoms with Crippen LogP contribution in [0, 0.1) is 5.92 Å². The Morgan fingerprint density at radius 1 is 1.18 bits per heavy atom. The van der Waals surface area contributed by atoms with Gasteiger partial charge in [0, 0.05) is 19.6 Å². The molecular weight excluding hydrogens is 244 g/mol. The number of carboxylic acids is 1. The van der Waals surface area contributed by atoms with Crippen LogP contribution in [0.4, 0.5) is 0 Å². The zero-order chi connectivity index (χ0) is 13.6. The predicted octanol–water partition coefficient (Wildman–Crippen LogP) is 0.616. The Hall–Kier alpha value is -0.660. The van der Waals surface area contributed by atoms with Crippen molar-refractivity contribution in [2.75, 3.05) is 26.2 Å². The highest BCUT2D eigenvalue weighted by atomic mass is 32.2.